The van der Waals surface area contributed by atoms with E-state index in [0.29, 0.717) is 24.8 Å². The molecule has 1 amide bonds. The van der Waals surface area contributed by atoms with Crippen molar-refractivity contribution in [3.8, 4) is 0 Å². The predicted octanol–water partition coefficient (Wildman–Crippen LogP) is 3.17. The van der Waals surface area contributed by atoms with Crippen LogP contribution in [0.4, 0.5) is 0 Å². The van der Waals surface area contributed by atoms with Crippen LogP contribution in [0.1, 0.15) is 54.9 Å². The number of amides is 1. The molecule has 1 fully saturated rings. The third-order valence-corrected chi connectivity index (χ3v) is 4.48. The molecule has 1 aromatic carbocycles. The van der Waals surface area contributed by atoms with Crippen LogP contribution in [-0.4, -0.2) is 43.1 Å². The van der Waals surface area contributed by atoms with Crippen molar-refractivity contribution in [1.82, 2.24) is 4.90 Å². The summed E-state index contributed by atoms with van der Waals surface area (Å²) in [6.45, 7) is 2.87. The highest BCUT2D eigenvalue weighted by atomic mass is 16.5. The second-order valence-electron chi connectivity index (χ2n) is 6.18. The fraction of sp³-hybridized carbons (Fsp3) is 0.579. The lowest BCUT2D eigenvalue weighted by Crippen LogP contribution is -2.43. The summed E-state index contributed by atoms with van der Waals surface area (Å²) in [5.74, 6) is -0.577. The van der Waals surface area contributed by atoms with Crippen molar-refractivity contribution in [3.05, 3.63) is 35.4 Å². The normalized spacial score (nSPS) is 15.1. The third-order valence-electron chi connectivity index (χ3n) is 4.48. The number of methoxy groups -OCH3 is 1. The molecule has 0 aromatic heterocycles. The molecule has 1 aliphatic carbocycles. The van der Waals surface area contributed by atoms with E-state index in [-0.39, 0.29) is 12.5 Å². The first-order valence-corrected chi connectivity index (χ1v) is 8.70. The standard InChI is InChI=1S/C19H27NO4/c1-3-20(17-10-5-4-6-11-17)18(21)14-24-19(22)16-9-7-8-15(12-16)13-23-2/h7-9,12,17H,3-6,10-11,13-14H2,1-2H3. The fourth-order valence-electron chi connectivity index (χ4n) is 3.28. The molecule has 0 N–H and O–H groups in total. The van der Waals surface area contributed by atoms with E-state index in [9.17, 15) is 9.59 Å². The van der Waals surface area contributed by atoms with Gasteiger partial charge in [0.15, 0.2) is 6.61 Å². The largest absolute Gasteiger partial charge is 0.452 e. The van der Waals surface area contributed by atoms with Gasteiger partial charge in [0.1, 0.15) is 0 Å². The highest BCUT2D eigenvalue weighted by Crippen LogP contribution is 2.22. The molecule has 1 aromatic rings. The van der Waals surface area contributed by atoms with Crippen molar-refractivity contribution >= 4 is 11.9 Å². The molecule has 5 heteroatoms. The van der Waals surface area contributed by atoms with Gasteiger partial charge in [0.25, 0.3) is 5.91 Å². The summed E-state index contributed by atoms with van der Waals surface area (Å²) in [6, 6.07) is 7.38. The SMILES string of the molecule is CCN(C(=O)COC(=O)c1cccc(COC)c1)C1CCCCC1. The van der Waals surface area contributed by atoms with E-state index in [1.807, 2.05) is 17.9 Å². The van der Waals surface area contributed by atoms with Gasteiger partial charge in [0.2, 0.25) is 0 Å². The molecule has 24 heavy (non-hydrogen) atoms. The number of benzene rings is 1. The van der Waals surface area contributed by atoms with Gasteiger partial charge in [-0.15, -0.1) is 0 Å². The van der Waals surface area contributed by atoms with Crippen LogP contribution in [0.3, 0.4) is 0 Å². The topological polar surface area (TPSA) is 55.8 Å². The van der Waals surface area contributed by atoms with Gasteiger partial charge in [-0.2, -0.15) is 0 Å². The number of ether oxygens (including phenoxy) is 2. The number of carbonyl (C=O) groups is 2. The molecule has 2 rings (SSSR count). The van der Waals surface area contributed by atoms with Gasteiger partial charge in [-0.25, -0.2) is 4.79 Å². The molecule has 0 unspecified atom stereocenters. The van der Waals surface area contributed by atoms with E-state index in [1.54, 1.807) is 25.3 Å². The summed E-state index contributed by atoms with van der Waals surface area (Å²) in [4.78, 5) is 26.4. The van der Waals surface area contributed by atoms with Crippen molar-refractivity contribution in [3.63, 3.8) is 0 Å². The maximum absolute atomic E-state index is 12.4. The molecule has 0 radical (unpaired) electrons. The Morgan fingerprint density at radius 3 is 2.62 bits per heavy atom. The number of carbonyl (C=O) groups excluding carboxylic acids is 2. The number of hydrogen-bond donors (Lipinski definition) is 0. The molecule has 0 atom stereocenters. The molecule has 132 valence electrons. The Morgan fingerprint density at radius 2 is 1.96 bits per heavy atom. The van der Waals surface area contributed by atoms with Crippen LogP contribution in [0.2, 0.25) is 0 Å². The lowest BCUT2D eigenvalue weighted by atomic mass is 9.94. The van der Waals surface area contributed by atoms with E-state index in [1.165, 1.54) is 19.3 Å². The molecule has 0 bridgehead atoms. The average Bonchev–Trinajstić information content (AvgIpc) is 2.62. The van der Waals surface area contributed by atoms with Crippen molar-refractivity contribution in [2.45, 2.75) is 51.7 Å². The Morgan fingerprint density at radius 1 is 1.21 bits per heavy atom. The van der Waals surface area contributed by atoms with Gasteiger partial charge in [-0.05, 0) is 37.5 Å². The summed E-state index contributed by atoms with van der Waals surface area (Å²) in [5.41, 5.74) is 1.34. The summed E-state index contributed by atoms with van der Waals surface area (Å²) in [5, 5.41) is 0. The molecule has 0 aliphatic heterocycles. The summed E-state index contributed by atoms with van der Waals surface area (Å²) in [7, 11) is 1.61. The van der Waals surface area contributed by atoms with Crippen molar-refractivity contribution < 1.29 is 19.1 Å². The van der Waals surface area contributed by atoms with Crippen molar-refractivity contribution in [2.75, 3.05) is 20.3 Å². The summed E-state index contributed by atoms with van der Waals surface area (Å²) < 4.78 is 10.3. The monoisotopic (exact) mass is 333 g/mol. The maximum atomic E-state index is 12.4. The first kappa shape index (κ1) is 18.5. The third kappa shape index (κ3) is 5.06. The van der Waals surface area contributed by atoms with Crippen molar-refractivity contribution in [2.24, 2.45) is 0 Å². The zero-order valence-corrected chi connectivity index (χ0v) is 14.6. The van der Waals surface area contributed by atoms with Gasteiger partial charge >= 0.3 is 5.97 Å². The molecule has 0 spiro atoms. The Labute approximate surface area is 143 Å². The van der Waals surface area contributed by atoms with E-state index in [4.69, 9.17) is 9.47 Å². The van der Waals surface area contributed by atoms with Crippen LogP contribution in [0.5, 0.6) is 0 Å². The predicted molar refractivity (Wildman–Crippen MR) is 91.7 cm³/mol. The van der Waals surface area contributed by atoms with Crippen LogP contribution in [0, 0.1) is 0 Å². The van der Waals surface area contributed by atoms with Gasteiger partial charge in [0, 0.05) is 19.7 Å². The summed E-state index contributed by atoms with van der Waals surface area (Å²) >= 11 is 0. The van der Waals surface area contributed by atoms with E-state index in [2.05, 4.69) is 0 Å². The first-order chi connectivity index (χ1) is 11.7. The number of rotatable bonds is 7. The minimum absolute atomic E-state index is 0.106. The zero-order chi connectivity index (χ0) is 17.4. The average molecular weight is 333 g/mol. The number of likely N-dealkylation sites (N-methyl/N-ethyl adjacent to an activating group) is 1. The zero-order valence-electron chi connectivity index (χ0n) is 14.6. The van der Waals surface area contributed by atoms with E-state index in [0.717, 1.165) is 18.4 Å². The van der Waals surface area contributed by atoms with Gasteiger partial charge < -0.3 is 14.4 Å². The minimum Gasteiger partial charge on any atom is -0.452 e. The van der Waals surface area contributed by atoms with Crippen LogP contribution >= 0.6 is 0 Å². The number of hydrogen-bond acceptors (Lipinski definition) is 4. The van der Waals surface area contributed by atoms with Crippen LogP contribution < -0.4 is 0 Å². The van der Waals surface area contributed by atoms with E-state index < -0.39 is 5.97 Å². The lowest BCUT2D eigenvalue weighted by molar-refractivity contribution is -0.137. The Hall–Kier alpha value is -1.88. The van der Waals surface area contributed by atoms with Crippen molar-refractivity contribution in [1.29, 1.82) is 0 Å². The quantitative estimate of drug-likeness (QED) is 0.719. The maximum Gasteiger partial charge on any atom is 0.338 e. The number of nitrogens with zero attached hydrogens (tertiary/aromatic N) is 1. The van der Waals surface area contributed by atoms with Gasteiger partial charge in [-0.3, -0.25) is 4.79 Å². The highest BCUT2D eigenvalue weighted by Gasteiger charge is 2.24. The molecule has 0 heterocycles. The number of esters is 1. The second kappa shape index (κ2) is 9.42. The van der Waals surface area contributed by atoms with Crippen LogP contribution in [0.25, 0.3) is 0 Å². The Bertz CT molecular complexity index is 552. The minimum atomic E-state index is -0.471. The summed E-state index contributed by atoms with van der Waals surface area (Å²) in [6.07, 6.45) is 5.68. The van der Waals surface area contributed by atoms with Crippen LogP contribution in [-0.2, 0) is 20.9 Å². The first-order valence-electron chi connectivity index (χ1n) is 8.70. The molecule has 0 saturated heterocycles. The Balaban J connectivity index is 1.89. The van der Waals surface area contributed by atoms with Gasteiger partial charge in [0.05, 0.1) is 12.2 Å². The molecular weight excluding hydrogens is 306 g/mol. The van der Waals surface area contributed by atoms with Gasteiger partial charge in [-0.1, -0.05) is 31.4 Å². The smallest absolute Gasteiger partial charge is 0.338 e. The van der Waals surface area contributed by atoms with E-state index >= 15 is 0 Å². The molecular formula is C19H27NO4. The molecule has 1 aliphatic rings. The highest BCUT2D eigenvalue weighted by molar-refractivity contribution is 5.91. The second-order valence-corrected chi connectivity index (χ2v) is 6.18. The molecule has 5 nitrogen and oxygen atoms in total. The molecule has 1 saturated carbocycles. The van der Waals surface area contributed by atoms with Crippen LogP contribution in [0.15, 0.2) is 24.3 Å². The lowest BCUT2D eigenvalue weighted by Gasteiger charge is -2.33. The fourth-order valence-corrected chi connectivity index (χ4v) is 3.28. The Kier molecular flexibility index (Phi) is 7.25.